The lowest BCUT2D eigenvalue weighted by atomic mass is 9.79. The fourth-order valence-corrected chi connectivity index (χ4v) is 5.81. The van der Waals surface area contributed by atoms with E-state index in [1.807, 2.05) is 0 Å². The summed E-state index contributed by atoms with van der Waals surface area (Å²) in [5.41, 5.74) is 0. The summed E-state index contributed by atoms with van der Waals surface area (Å²) in [6, 6.07) is -0.0313. The van der Waals surface area contributed by atoms with Crippen LogP contribution in [-0.4, -0.2) is 30.8 Å². The highest BCUT2D eigenvalue weighted by Crippen LogP contribution is 2.58. The molecule has 2 N–H and O–H groups in total. The second kappa shape index (κ2) is 4.45. The molecule has 0 amide bonds. The molecule has 3 aliphatic carbocycles. The van der Waals surface area contributed by atoms with Gasteiger partial charge in [0.05, 0.1) is 0 Å². The summed E-state index contributed by atoms with van der Waals surface area (Å²) >= 11 is 0. The van der Waals surface area contributed by atoms with E-state index in [0.717, 1.165) is 18.8 Å². The largest absolute Gasteiger partial charge is 0.480 e. The van der Waals surface area contributed by atoms with E-state index in [2.05, 4.69) is 4.72 Å². The number of nitrogens with one attached hydrogen (secondary N) is 1. The third kappa shape index (κ3) is 2.09. The summed E-state index contributed by atoms with van der Waals surface area (Å²) in [6.45, 7) is 1.23. The van der Waals surface area contributed by atoms with Gasteiger partial charge in [0.15, 0.2) is 5.25 Å². The summed E-state index contributed by atoms with van der Waals surface area (Å²) in [4.78, 5) is 10.8. The molecule has 0 aromatic rings. The molecule has 5 nitrogen and oxygen atoms in total. The molecular formula is C13H21NO4S. The number of carboxylic acids is 1. The molecule has 3 rings (SSSR count). The Labute approximate surface area is 113 Å². The molecule has 6 heteroatoms. The number of fused-ring (bicyclic) bond motifs is 5. The maximum absolute atomic E-state index is 12.0. The highest BCUT2D eigenvalue weighted by atomic mass is 32.2. The van der Waals surface area contributed by atoms with Gasteiger partial charge in [-0.1, -0.05) is 6.42 Å². The second-order valence-electron chi connectivity index (χ2n) is 6.40. The first-order valence-electron chi connectivity index (χ1n) is 7.14. The Bertz CT molecular complexity index is 489. The molecule has 2 bridgehead atoms. The molecule has 108 valence electrons. The van der Waals surface area contributed by atoms with Crippen molar-refractivity contribution in [3.8, 4) is 0 Å². The minimum Gasteiger partial charge on any atom is -0.480 e. The van der Waals surface area contributed by atoms with Gasteiger partial charge in [0.1, 0.15) is 0 Å². The predicted octanol–water partition coefficient (Wildman–Crippen LogP) is 1.20. The van der Waals surface area contributed by atoms with Crippen LogP contribution in [0.25, 0.3) is 0 Å². The Kier molecular flexibility index (Phi) is 3.13. The van der Waals surface area contributed by atoms with Crippen molar-refractivity contribution in [2.24, 2.45) is 23.7 Å². The zero-order valence-electron chi connectivity index (χ0n) is 11.1. The Morgan fingerprint density at radius 3 is 2.58 bits per heavy atom. The predicted molar refractivity (Wildman–Crippen MR) is 70.0 cm³/mol. The average Bonchev–Trinajstić information content (AvgIpc) is 2.97. The van der Waals surface area contributed by atoms with E-state index in [9.17, 15) is 13.2 Å². The standard InChI is InChI=1S/C13H21NO4S/c1-7(13(15)16)19(17,18)14-12-6-8-5-11(12)10-4-2-3-9(8)10/h7-12,14H,2-6H2,1H3,(H,15,16). The molecule has 0 radical (unpaired) electrons. The van der Waals surface area contributed by atoms with Crippen LogP contribution in [0.5, 0.6) is 0 Å². The van der Waals surface area contributed by atoms with Crippen LogP contribution in [0.1, 0.15) is 39.0 Å². The van der Waals surface area contributed by atoms with Gasteiger partial charge in [-0.3, -0.25) is 4.79 Å². The molecular weight excluding hydrogens is 266 g/mol. The molecule has 0 saturated heterocycles. The zero-order chi connectivity index (χ0) is 13.8. The maximum atomic E-state index is 12.0. The Balaban J connectivity index is 1.71. The number of aliphatic carboxylic acids is 1. The van der Waals surface area contributed by atoms with Crippen LogP contribution in [0.3, 0.4) is 0 Å². The van der Waals surface area contributed by atoms with E-state index in [0.29, 0.717) is 17.8 Å². The number of sulfonamides is 1. The smallest absolute Gasteiger partial charge is 0.323 e. The summed E-state index contributed by atoms with van der Waals surface area (Å²) in [5.74, 6) is 1.29. The van der Waals surface area contributed by atoms with Crippen molar-refractivity contribution in [3.63, 3.8) is 0 Å². The molecule has 0 aromatic carbocycles. The van der Waals surface area contributed by atoms with Crippen molar-refractivity contribution in [2.45, 2.75) is 50.3 Å². The van der Waals surface area contributed by atoms with Crippen molar-refractivity contribution in [2.75, 3.05) is 0 Å². The van der Waals surface area contributed by atoms with Crippen molar-refractivity contribution < 1.29 is 18.3 Å². The molecule has 0 spiro atoms. The van der Waals surface area contributed by atoms with Crippen molar-refractivity contribution in [3.05, 3.63) is 0 Å². The number of carbonyl (C=O) groups is 1. The van der Waals surface area contributed by atoms with Gasteiger partial charge in [-0.2, -0.15) is 0 Å². The van der Waals surface area contributed by atoms with Crippen molar-refractivity contribution in [1.29, 1.82) is 0 Å². The van der Waals surface area contributed by atoms with Crippen molar-refractivity contribution in [1.82, 2.24) is 4.72 Å². The summed E-state index contributed by atoms with van der Waals surface area (Å²) in [6.07, 6.45) is 5.82. The van der Waals surface area contributed by atoms with E-state index in [1.165, 1.54) is 26.2 Å². The summed E-state index contributed by atoms with van der Waals surface area (Å²) < 4.78 is 26.7. The molecule has 0 aliphatic heterocycles. The Morgan fingerprint density at radius 2 is 1.89 bits per heavy atom. The van der Waals surface area contributed by atoms with E-state index in [-0.39, 0.29) is 6.04 Å². The fourth-order valence-electron chi connectivity index (χ4n) is 4.65. The maximum Gasteiger partial charge on any atom is 0.323 e. The van der Waals surface area contributed by atoms with Crippen LogP contribution in [0.15, 0.2) is 0 Å². The first-order chi connectivity index (χ1) is 8.90. The molecule has 3 saturated carbocycles. The molecule has 6 atom stereocenters. The quantitative estimate of drug-likeness (QED) is 0.814. The van der Waals surface area contributed by atoms with E-state index < -0.39 is 21.2 Å². The van der Waals surface area contributed by atoms with Gasteiger partial charge in [0.2, 0.25) is 10.0 Å². The number of hydrogen-bond acceptors (Lipinski definition) is 3. The van der Waals surface area contributed by atoms with Gasteiger partial charge in [-0.05, 0) is 56.3 Å². The van der Waals surface area contributed by atoms with Crippen molar-refractivity contribution >= 4 is 16.0 Å². The van der Waals surface area contributed by atoms with Gasteiger partial charge in [0.25, 0.3) is 0 Å². The van der Waals surface area contributed by atoms with Crippen LogP contribution >= 0.6 is 0 Å². The van der Waals surface area contributed by atoms with Gasteiger partial charge >= 0.3 is 5.97 Å². The summed E-state index contributed by atoms with van der Waals surface area (Å²) in [7, 11) is -3.74. The highest BCUT2D eigenvalue weighted by Gasteiger charge is 2.54. The number of carboxylic acid groups (broad SMARTS) is 1. The molecule has 0 aromatic heterocycles. The van der Waals surface area contributed by atoms with Crippen LogP contribution in [0.2, 0.25) is 0 Å². The van der Waals surface area contributed by atoms with Gasteiger partial charge < -0.3 is 5.11 Å². The highest BCUT2D eigenvalue weighted by molar-refractivity contribution is 7.90. The fraction of sp³-hybridized carbons (Fsp3) is 0.923. The van der Waals surface area contributed by atoms with E-state index >= 15 is 0 Å². The van der Waals surface area contributed by atoms with Crippen LogP contribution in [0.4, 0.5) is 0 Å². The van der Waals surface area contributed by atoms with Gasteiger partial charge in [0, 0.05) is 6.04 Å². The minimum absolute atomic E-state index is 0.0313. The molecule has 0 heterocycles. The van der Waals surface area contributed by atoms with Crippen LogP contribution in [0, 0.1) is 23.7 Å². The zero-order valence-corrected chi connectivity index (χ0v) is 11.9. The topological polar surface area (TPSA) is 83.5 Å². The van der Waals surface area contributed by atoms with Gasteiger partial charge in [-0.15, -0.1) is 0 Å². The third-order valence-electron chi connectivity index (χ3n) is 5.56. The lowest BCUT2D eigenvalue weighted by Crippen LogP contribution is -2.47. The van der Waals surface area contributed by atoms with E-state index in [4.69, 9.17) is 5.11 Å². The number of rotatable bonds is 4. The third-order valence-corrected chi connectivity index (χ3v) is 7.32. The monoisotopic (exact) mass is 287 g/mol. The molecule has 3 fully saturated rings. The van der Waals surface area contributed by atoms with Gasteiger partial charge in [-0.25, -0.2) is 13.1 Å². The minimum atomic E-state index is -3.74. The Morgan fingerprint density at radius 1 is 1.21 bits per heavy atom. The summed E-state index contributed by atoms with van der Waals surface area (Å²) in [5, 5.41) is 7.49. The first kappa shape index (κ1) is 13.4. The van der Waals surface area contributed by atoms with E-state index in [1.54, 1.807) is 0 Å². The molecule has 3 aliphatic rings. The lowest BCUT2D eigenvalue weighted by Gasteiger charge is -2.32. The first-order valence-corrected chi connectivity index (χ1v) is 8.68. The normalized spacial score (nSPS) is 42.3. The molecule has 6 unspecified atom stereocenters. The van der Waals surface area contributed by atoms with Crippen LogP contribution in [-0.2, 0) is 14.8 Å². The van der Waals surface area contributed by atoms with Crippen LogP contribution < -0.4 is 4.72 Å². The SMILES string of the molecule is CC(C(=O)O)S(=O)(=O)NC1CC2CC1C1CCCC21. The molecule has 19 heavy (non-hydrogen) atoms. The lowest BCUT2D eigenvalue weighted by molar-refractivity contribution is -0.136. The average molecular weight is 287 g/mol. The number of hydrogen-bond donors (Lipinski definition) is 2. The Hall–Kier alpha value is -0.620. The second-order valence-corrected chi connectivity index (χ2v) is 8.44.